The number of hydrogen-bond acceptors (Lipinski definition) is 1. The van der Waals surface area contributed by atoms with Crippen LogP contribution in [0.2, 0.25) is 0 Å². The van der Waals surface area contributed by atoms with Crippen LogP contribution >= 0.6 is 0 Å². The molecule has 2 aliphatic rings. The number of aryl methyl sites for hydroxylation is 8. The van der Waals surface area contributed by atoms with Crippen LogP contribution in [0, 0.1) is 55.4 Å². The second-order valence-corrected chi connectivity index (χ2v) is 20.5. The molecule has 10 aromatic carbocycles. The summed E-state index contributed by atoms with van der Waals surface area (Å²) >= 11 is 0. The lowest BCUT2D eigenvalue weighted by molar-refractivity contribution is 1.26. The van der Waals surface area contributed by atoms with Crippen molar-refractivity contribution in [2.24, 2.45) is 0 Å². The summed E-state index contributed by atoms with van der Waals surface area (Å²) in [5, 5.41) is 5.13. The maximum atomic E-state index is 2.76. The molecule has 0 saturated carbocycles. The van der Waals surface area contributed by atoms with Crippen molar-refractivity contribution in [3.8, 4) is 55.6 Å². The molecule has 0 saturated heterocycles. The van der Waals surface area contributed by atoms with E-state index in [9.17, 15) is 0 Å². The van der Waals surface area contributed by atoms with Crippen molar-refractivity contribution in [3.05, 3.63) is 220 Å². The molecule has 3 heteroatoms. The van der Waals surface area contributed by atoms with Crippen LogP contribution in [0.1, 0.15) is 44.5 Å². The first-order valence-electron chi connectivity index (χ1n) is 24.5. The average molecular weight is 885 g/mol. The molecule has 11 aromatic rings. The van der Waals surface area contributed by atoms with E-state index < -0.39 is 0 Å². The summed E-state index contributed by atoms with van der Waals surface area (Å²) in [5.74, 6) is 0. The van der Waals surface area contributed by atoms with Gasteiger partial charge in [0.05, 0.1) is 0 Å². The summed E-state index contributed by atoms with van der Waals surface area (Å²) in [6.07, 6.45) is 0. The number of rotatable bonds is 5. The van der Waals surface area contributed by atoms with Crippen LogP contribution in [0.25, 0.3) is 88.2 Å². The predicted molar refractivity (Wildman–Crippen MR) is 297 cm³/mol. The number of fused-ring (bicyclic) bond motifs is 9. The Hall–Kier alpha value is -7.88. The number of benzene rings is 10. The first-order valence-corrected chi connectivity index (χ1v) is 24.5. The molecule has 0 amide bonds. The van der Waals surface area contributed by atoms with E-state index in [1.54, 1.807) is 0 Å². The summed E-state index contributed by atoms with van der Waals surface area (Å²) in [5.41, 5.74) is 31.6. The molecule has 0 aliphatic carbocycles. The number of anilines is 3. The largest absolute Gasteiger partial charge is 0.375 e. The SMILES string of the molecule is Cc1cc(C)cc(-c2ccc(N3c4ccc(-c5cc(C)cc(C)c5)cc4B4c5c(cccc53)-c3cc(-c5cc(C)cc(C)c5)cc5c6cc(-c7cc(C)cc(C)c7)c7ccccc7c6n4c35)cc2)c1. The first kappa shape index (κ1) is 41.3. The van der Waals surface area contributed by atoms with Crippen LogP contribution in [-0.2, 0) is 0 Å². The third kappa shape index (κ3) is 6.55. The van der Waals surface area contributed by atoms with Crippen molar-refractivity contribution in [1.29, 1.82) is 0 Å². The lowest BCUT2D eigenvalue weighted by atomic mass is 9.45. The molecule has 13 rings (SSSR count). The van der Waals surface area contributed by atoms with E-state index in [4.69, 9.17) is 0 Å². The van der Waals surface area contributed by atoms with Crippen molar-refractivity contribution in [2.45, 2.75) is 55.4 Å². The topological polar surface area (TPSA) is 8.17 Å². The molecule has 0 spiro atoms. The minimum absolute atomic E-state index is 0.0992. The van der Waals surface area contributed by atoms with Gasteiger partial charge in [0, 0.05) is 49.8 Å². The monoisotopic (exact) mass is 884 g/mol. The number of aromatic nitrogens is 1. The molecule has 0 fully saturated rings. The fourth-order valence-corrected chi connectivity index (χ4v) is 12.5. The van der Waals surface area contributed by atoms with Crippen molar-refractivity contribution < 1.29 is 0 Å². The van der Waals surface area contributed by atoms with Gasteiger partial charge in [-0.15, -0.1) is 0 Å². The van der Waals surface area contributed by atoms with Crippen LogP contribution in [-0.4, -0.2) is 11.3 Å². The van der Waals surface area contributed by atoms with E-state index >= 15 is 0 Å². The zero-order chi connectivity index (χ0) is 47.0. The highest BCUT2D eigenvalue weighted by Gasteiger charge is 2.43. The van der Waals surface area contributed by atoms with Gasteiger partial charge in [0.25, 0.3) is 0 Å². The molecule has 2 aliphatic heterocycles. The highest BCUT2D eigenvalue weighted by atomic mass is 15.2. The van der Waals surface area contributed by atoms with Crippen LogP contribution < -0.4 is 15.8 Å². The Bertz CT molecular complexity index is 3920. The van der Waals surface area contributed by atoms with E-state index in [1.165, 1.54) is 155 Å². The fraction of sp³-hybridized carbons (Fsp3) is 0.121. The van der Waals surface area contributed by atoms with E-state index in [-0.39, 0.29) is 6.85 Å². The van der Waals surface area contributed by atoms with Gasteiger partial charge in [-0.1, -0.05) is 178 Å². The Balaban J connectivity index is 1.15. The van der Waals surface area contributed by atoms with Gasteiger partial charge in [-0.2, -0.15) is 0 Å². The third-order valence-electron chi connectivity index (χ3n) is 14.9. The number of nitrogens with zero attached hydrogens (tertiary/aromatic N) is 2. The Morgan fingerprint density at radius 3 is 1.42 bits per heavy atom. The smallest absolute Gasteiger partial charge is 0.333 e. The van der Waals surface area contributed by atoms with Crippen molar-refractivity contribution in [3.63, 3.8) is 0 Å². The van der Waals surface area contributed by atoms with Gasteiger partial charge in [-0.3, -0.25) is 0 Å². The highest BCUT2D eigenvalue weighted by Crippen LogP contribution is 2.49. The molecule has 0 radical (unpaired) electrons. The van der Waals surface area contributed by atoms with Crippen molar-refractivity contribution >= 4 is 67.4 Å². The van der Waals surface area contributed by atoms with E-state index in [0.29, 0.717) is 0 Å². The van der Waals surface area contributed by atoms with Gasteiger partial charge >= 0.3 is 6.85 Å². The summed E-state index contributed by atoms with van der Waals surface area (Å²) in [6, 6.07) is 68.1. The van der Waals surface area contributed by atoms with Crippen LogP contribution in [0.4, 0.5) is 17.1 Å². The maximum absolute atomic E-state index is 2.76. The minimum atomic E-state index is -0.0992. The molecule has 69 heavy (non-hydrogen) atoms. The molecule has 0 bridgehead atoms. The first-order chi connectivity index (χ1) is 33.4. The summed E-state index contributed by atoms with van der Waals surface area (Å²) in [6.45, 7) is 17.6. The fourth-order valence-electron chi connectivity index (χ4n) is 12.5. The van der Waals surface area contributed by atoms with Crippen molar-refractivity contribution in [2.75, 3.05) is 4.90 Å². The molecule has 0 unspecified atom stereocenters. The van der Waals surface area contributed by atoms with E-state index in [0.717, 1.165) is 5.69 Å². The molecule has 2 nitrogen and oxygen atoms in total. The number of hydrogen-bond donors (Lipinski definition) is 0. The normalized spacial score (nSPS) is 12.6. The molecule has 3 heterocycles. The molecule has 0 atom stereocenters. The van der Waals surface area contributed by atoms with Gasteiger partial charge in [-0.25, -0.2) is 0 Å². The van der Waals surface area contributed by atoms with Crippen molar-refractivity contribution in [1.82, 2.24) is 4.48 Å². The minimum Gasteiger partial charge on any atom is -0.375 e. The van der Waals surface area contributed by atoms with Crippen LogP contribution in [0.15, 0.2) is 176 Å². The van der Waals surface area contributed by atoms with Gasteiger partial charge < -0.3 is 9.38 Å². The Morgan fingerprint density at radius 1 is 0.304 bits per heavy atom. The van der Waals surface area contributed by atoms with E-state index in [2.05, 4.69) is 241 Å². The summed E-state index contributed by atoms with van der Waals surface area (Å²) in [7, 11) is 0. The quantitative estimate of drug-likeness (QED) is 0.156. The summed E-state index contributed by atoms with van der Waals surface area (Å²) in [4.78, 5) is 2.54. The average Bonchev–Trinajstić information content (AvgIpc) is 3.65. The molecular weight excluding hydrogens is 832 g/mol. The Labute approximate surface area is 406 Å². The van der Waals surface area contributed by atoms with Crippen LogP contribution in [0.3, 0.4) is 0 Å². The Kier molecular flexibility index (Phi) is 9.18. The predicted octanol–water partition coefficient (Wildman–Crippen LogP) is 16.5. The molecular formula is C66H53BN2. The van der Waals surface area contributed by atoms with E-state index in [1.807, 2.05) is 0 Å². The van der Waals surface area contributed by atoms with Gasteiger partial charge in [0.15, 0.2) is 0 Å². The van der Waals surface area contributed by atoms with Gasteiger partial charge in [0.1, 0.15) is 0 Å². The second kappa shape index (κ2) is 15.3. The van der Waals surface area contributed by atoms with Crippen LogP contribution in [0.5, 0.6) is 0 Å². The molecule has 0 N–H and O–H groups in total. The Morgan fingerprint density at radius 2 is 0.812 bits per heavy atom. The third-order valence-corrected chi connectivity index (χ3v) is 14.9. The van der Waals surface area contributed by atoms with Gasteiger partial charge in [0.2, 0.25) is 0 Å². The molecule has 330 valence electrons. The zero-order valence-corrected chi connectivity index (χ0v) is 40.7. The lowest BCUT2D eigenvalue weighted by Crippen LogP contribution is -2.56. The molecule has 1 aromatic heterocycles. The zero-order valence-electron chi connectivity index (χ0n) is 40.7. The summed E-state index contributed by atoms with van der Waals surface area (Å²) < 4.78 is 2.76. The second-order valence-electron chi connectivity index (χ2n) is 20.5. The van der Waals surface area contributed by atoms with Gasteiger partial charge in [-0.05, 0) is 164 Å². The maximum Gasteiger partial charge on any atom is 0.333 e. The standard InChI is InChI=1S/C66H53BN2/c1-38-22-39(2)27-48(26-38)46-16-19-53(20-17-46)68-62-21-18-47(49-28-40(3)23-41(4)29-49)36-61(62)67-64-55(14-11-15-63(64)68)58-34-51(50-30-42(5)24-43(6)31-50)35-59-60-37-57(52-32-44(7)25-45(8)33-52)54-12-9-10-13-56(54)65(60)69(67)66(58)59/h9-37H,1-8H3. The lowest BCUT2D eigenvalue weighted by Gasteiger charge is -2.40. The highest BCUT2D eigenvalue weighted by molar-refractivity contribution is 6.90.